The van der Waals surface area contributed by atoms with E-state index in [-0.39, 0.29) is 23.0 Å². The Hall–Kier alpha value is -3.56. The largest absolute Gasteiger partial charge is 0.495 e. The van der Waals surface area contributed by atoms with Gasteiger partial charge in [0, 0.05) is 18.1 Å². The lowest BCUT2D eigenvalue weighted by Crippen LogP contribution is -2.52. The minimum absolute atomic E-state index is 0.0248. The standard InChI is InChI=1S/C30H36ClN3O5S/c1-5-18-32-30(36)26(6-2)33(20-23-12-10-11-15-25(23)31)29(35)21-34(27-19-22(3)16-17-28(27)39-4)40(37,38)24-13-8-7-9-14-24/h7-17,19,26H,5-6,18,20-21H2,1-4H3,(H,32,36). The third-order valence-corrected chi connectivity index (χ3v) is 8.59. The summed E-state index contributed by atoms with van der Waals surface area (Å²) >= 11 is 6.43. The number of carbonyl (C=O) groups is 2. The lowest BCUT2D eigenvalue weighted by molar-refractivity contribution is -0.140. The molecule has 0 aliphatic carbocycles. The van der Waals surface area contributed by atoms with Crippen molar-refractivity contribution in [1.29, 1.82) is 0 Å². The lowest BCUT2D eigenvalue weighted by atomic mass is 10.1. The highest BCUT2D eigenvalue weighted by Gasteiger charge is 2.35. The molecule has 1 unspecified atom stereocenters. The maximum atomic E-state index is 14.1. The van der Waals surface area contributed by atoms with E-state index in [2.05, 4.69) is 5.32 Å². The smallest absolute Gasteiger partial charge is 0.264 e. The number of anilines is 1. The van der Waals surface area contributed by atoms with Gasteiger partial charge in [-0.3, -0.25) is 13.9 Å². The number of aryl methyl sites for hydroxylation is 1. The average molecular weight is 586 g/mol. The number of hydrogen-bond donors (Lipinski definition) is 1. The fourth-order valence-electron chi connectivity index (χ4n) is 4.32. The fraction of sp³-hybridized carbons (Fsp3) is 0.333. The van der Waals surface area contributed by atoms with Crippen LogP contribution in [0.4, 0.5) is 5.69 Å². The van der Waals surface area contributed by atoms with Gasteiger partial charge in [0.05, 0.1) is 17.7 Å². The second-order valence-corrected chi connectivity index (χ2v) is 11.6. The monoisotopic (exact) mass is 585 g/mol. The molecule has 0 heterocycles. The van der Waals surface area contributed by atoms with Crippen LogP contribution in [-0.2, 0) is 26.2 Å². The number of halogens is 1. The predicted molar refractivity (Wildman–Crippen MR) is 158 cm³/mol. The van der Waals surface area contributed by atoms with Gasteiger partial charge in [-0.2, -0.15) is 0 Å². The quantitative estimate of drug-likeness (QED) is 0.298. The minimum atomic E-state index is -4.20. The van der Waals surface area contributed by atoms with Crippen LogP contribution in [0.2, 0.25) is 5.02 Å². The Labute approximate surface area is 241 Å². The molecular formula is C30H36ClN3O5S. The molecule has 3 aromatic rings. The van der Waals surface area contributed by atoms with E-state index in [4.69, 9.17) is 16.3 Å². The maximum Gasteiger partial charge on any atom is 0.264 e. The summed E-state index contributed by atoms with van der Waals surface area (Å²) < 4.78 is 34.5. The maximum absolute atomic E-state index is 14.1. The van der Waals surface area contributed by atoms with E-state index in [9.17, 15) is 18.0 Å². The summed E-state index contributed by atoms with van der Waals surface area (Å²) in [6.45, 7) is 5.51. The van der Waals surface area contributed by atoms with Crippen LogP contribution in [-0.4, -0.2) is 51.4 Å². The number of sulfonamides is 1. The Kier molecular flexibility index (Phi) is 11.0. The number of benzene rings is 3. The van der Waals surface area contributed by atoms with Crippen LogP contribution in [0.15, 0.2) is 77.7 Å². The van der Waals surface area contributed by atoms with Crippen molar-refractivity contribution in [3.63, 3.8) is 0 Å². The zero-order valence-corrected chi connectivity index (χ0v) is 24.8. The Bertz CT molecular complexity index is 1420. The summed E-state index contributed by atoms with van der Waals surface area (Å²) in [5.74, 6) is -0.569. The number of amides is 2. The molecule has 0 saturated carbocycles. The molecule has 8 nitrogen and oxygen atoms in total. The van der Waals surface area contributed by atoms with E-state index < -0.39 is 28.5 Å². The van der Waals surface area contributed by atoms with Gasteiger partial charge in [-0.05, 0) is 61.2 Å². The van der Waals surface area contributed by atoms with Crippen molar-refractivity contribution >= 4 is 39.1 Å². The topological polar surface area (TPSA) is 96.0 Å². The normalized spacial score (nSPS) is 11.9. The first kappa shape index (κ1) is 31.0. The van der Waals surface area contributed by atoms with Crippen LogP contribution in [0.5, 0.6) is 5.75 Å². The molecule has 0 aliphatic rings. The predicted octanol–water partition coefficient (Wildman–Crippen LogP) is 5.19. The summed E-state index contributed by atoms with van der Waals surface area (Å²) in [5.41, 5.74) is 1.65. The number of nitrogens with zero attached hydrogens (tertiary/aromatic N) is 2. The Morgan fingerprint density at radius 1 is 1.00 bits per heavy atom. The summed E-state index contributed by atoms with van der Waals surface area (Å²) in [5, 5.41) is 3.31. The summed E-state index contributed by atoms with van der Waals surface area (Å²) in [6, 6.07) is 19.3. The van der Waals surface area contributed by atoms with Gasteiger partial charge in [0.15, 0.2) is 0 Å². The van der Waals surface area contributed by atoms with Crippen LogP contribution in [0.3, 0.4) is 0 Å². The van der Waals surface area contributed by atoms with Crippen LogP contribution < -0.4 is 14.4 Å². The van der Waals surface area contributed by atoms with E-state index in [1.807, 2.05) is 20.8 Å². The first-order valence-electron chi connectivity index (χ1n) is 13.2. The van der Waals surface area contributed by atoms with Gasteiger partial charge in [0.2, 0.25) is 11.8 Å². The van der Waals surface area contributed by atoms with E-state index in [1.165, 1.54) is 24.1 Å². The first-order valence-corrected chi connectivity index (χ1v) is 15.0. The van der Waals surface area contributed by atoms with Crippen molar-refractivity contribution in [2.24, 2.45) is 0 Å². The molecule has 3 rings (SSSR count). The molecule has 10 heteroatoms. The molecule has 3 aromatic carbocycles. The van der Waals surface area contributed by atoms with Gasteiger partial charge in [-0.25, -0.2) is 8.42 Å². The molecule has 0 fully saturated rings. The van der Waals surface area contributed by atoms with Crippen molar-refractivity contribution in [3.05, 3.63) is 88.9 Å². The van der Waals surface area contributed by atoms with E-state index in [1.54, 1.807) is 60.7 Å². The van der Waals surface area contributed by atoms with Gasteiger partial charge in [0.25, 0.3) is 10.0 Å². The second-order valence-electron chi connectivity index (χ2n) is 9.33. The minimum Gasteiger partial charge on any atom is -0.495 e. The molecule has 40 heavy (non-hydrogen) atoms. The molecule has 0 aromatic heterocycles. The fourth-order valence-corrected chi connectivity index (χ4v) is 5.96. The van der Waals surface area contributed by atoms with Crippen molar-refractivity contribution in [2.75, 3.05) is 24.5 Å². The molecule has 2 amide bonds. The number of rotatable bonds is 13. The Morgan fingerprint density at radius 3 is 2.30 bits per heavy atom. The highest BCUT2D eigenvalue weighted by atomic mass is 35.5. The van der Waals surface area contributed by atoms with E-state index in [0.717, 1.165) is 16.3 Å². The number of nitrogens with one attached hydrogen (secondary N) is 1. The number of carbonyl (C=O) groups excluding carboxylic acids is 2. The zero-order valence-electron chi connectivity index (χ0n) is 23.3. The summed E-state index contributed by atoms with van der Waals surface area (Å²) in [4.78, 5) is 28.8. The first-order chi connectivity index (χ1) is 19.1. The third kappa shape index (κ3) is 7.34. The van der Waals surface area contributed by atoms with Gasteiger partial charge < -0.3 is 15.0 Å². The van der Waals surface area contributed by atoms with Crippen LogP contribution in [0.25, 0.3) is 0 Å². The Balaban J connectivity index is 2.12. The van der Waals surface area contributed by atoms with E-state index in [0.29, 0.717) is 29.3 Å². The van der Waals surface area contributed by atoms with Gasteiger partial charge in [0.1, 0.15) is 18.3 Å². The third-order valence-electron chi connectivity index (χ3n) is 6.45. The molecule has 0 spiro atoms. The Morgan fingerprint density at radius 2 is 1.68 bits per heavy atom. The second kappa shape index (κ2) is 14.2. The lowest BCUT2D eigenvalue weighted by Gasteiger charge is -2.33. The number of hydrogen-bond acceptors (Lipinski definition) is 5. The summed E-state index contributed by atoms with van der Waals surface area (Å²) in [6.07, 6.45) is 1.06. The highest BCUT2D eigenvalue weighted by Crippen LogP contribution is 2.34. The molecule has 0 radical (unpaired) electrons. The van der Waals surface area contributed by atoms with Crippen LogP contribution in [0.1, 0.15) is 37.8 Å². The zero-order chi connectivity index (χ0) is 29.3. The van der Waals surface area contributed by atoms with Crippen molar-refractivity contribution in [3.8, 4) is 5.75 Å². The molecule has 214 valence electrons. The van der Waals surface area contributed by atoms with Crippen LogP contribution >= 0.6 is 11.6 Å². The van der Waals surface area contributed by atoms with Crippen molar-refractivity contribution < 1.29 is 22.7 Å². The molecule has 1 atom stereocenters. The van der Waals surface area contributed by atoms with Crippen molar-refractivity contribution in [2.45, 2.75) is 51.1 Å². The molecular weight excluding hydrogens is 550 g/mol. The van der Waals surface area contributed by atoms with Crippen molar-refractivity contribution in [1.82, 2.24) is 10.2 Å². The number of methoxy groups -OCH3 is 1. The van der Waals surface area contributed by atoms with Gasteiger partial charge in [-0.1, -0.05) is 67.9 Å². The van der Waals surface area contributed by atoms with Gasteiger partial charge >= 0.3 is 0 Å². The summed E-state index contributed by atoms with van der Waals surface area (Å²) in [7, 11) is -2.76. The van der Waals surface area contributed by atoms with Gasteiger partial charge in [-0.15, -0.1) is 0 Å². The van der Waals surface area contributed by atoms with E-state index >= 15 is 0 Å². The molecule has 1 N–H and O–H groups in total. The molecule has 0 saturated heterocycles. The molecule has 0 bridgehead atoms. The van der Waals surface area contributed by atoms with Crippen LogP contribution in [0, 0.1) is 6.92 Å². The number of ether oxygens (including phenoxy) is 1. The average Bonchev–Trinajstić information content (AvgIpc) is 2.95. The molecule has 0 aliphatic heterocycles. The SMILES string of the molecule is CCCNC(=O)C(CC)N(Cc1ccccc1Cl)C(=O)CN(c1cc(C)ccc1OC)S(=O)(=O)c1ccccc1. The highest BCUT2D eigenvalue weighted by molar-refractivity contribution is 7.92.